The number of hydrogen-bond acceptors (Lipinski definition) is 6. The molecule has 0 unspecified atom stereocenters. The number of nitro benzene ring substituents is 1. The average molecular weight is 329 g/mol. The number of hydrogen-bond donors (Lipinski definition) is 1. The lowest BCUT2D eigenvalue weighted by molar-refractivity contribution is -0.384. The lowest BCUT2D eigenvalue weighted by Gasteiger charge is -2.03. The van der Waals surface area contributed by atoms with E-state index in [2.05, 4.69) is 10.5 Å². The Bertz CT molecular complexity index is 825. The number of non-ortho nitro benzene ring substituents is 1. The molecule has 0 radical (unpaired) electrons. The third-order valence-electron chi connectivity index (χ3n) is 2.81. The van der Waals surface area contributed by atoms with Gasteiger partial charge in [0.05, 0.1) is 15.6 Å². The average Bonchev–Trinajstić information content (AvgIpc) is 2.56. The van der Waals surface area contributed by atoms with E-state index in [9.17, 15) is 14.9 Å². The first kappa shape index (κ1) is 16.1. The molecule has 0 saturated carbocycles. The van der Waals surface area contributed by atoms with Gasteiger partial charge in [-0.15, -0.1) is 0 Å². The molecule has 23 heavy (non-hydrogen) atoms. The zero-order valence-electron chi connectivity index (χ0n) is 11.6. The van der Waals surface area contributed by atoms with Gasteiger partial charge >= 0.3 is 0 Å². The molecule has 7 nitrogen and oxygen atoms in total. The molecule has 8 heteroatoms. The van der Waals surface area contributed by atoms with Crippen LogP contribution < -0.4 is 5.43 Å². The number of rotatable bonds is 5. The summed E-state index contributed by atoms with van der Waals surface area (Å²) < 4.78 is 0. The van der Waals surface area contributed by atoms with Crippen molar-refractivity contribution in [3.8, 4) is 6.07 Å². The van der Waals surface area contributed by atoms with Crippen molar-refractivity contribution in [1.82, 2.24) is 0 Å². The van der Waals surface area contributed by atoms with Crippen molar-refractivity contribution in [1.29, 1.82) is 5.26 Å². The van der Waals surface area contributed by atoms with E-state index in [-0.39, 0.29) is 22.0 Å². The predicted octanol–water partition coefficient (Wildman–Crippen LogP) is 3.42. The number of ketones is 1. The van der Waals surface area contributed by atoms with E-state index in [1.54, 1.807) is 18.2 Å². The molecule has 2 aromatic rings. The molecule has 2 rings (SSSR count). The molecule has 0 amide bonds. The largest absolute Gasteiger partial charge is 0.286 e. The van der Waals surface area contributed by atoms with Crippen LogP contribution in [0.15, 0.2) is 53.6 Å². The summed E-state index contributed by atoms with van der Waals surface area (Å²) in [6, 6.07) is 13.4. The number of nitrogens with one attached hydrogen (secondary N) is 1. The number of hydrazone groups is 1. The highest BCUT2D eigenvalue weighted by molar-refractivity contribution is 6.53. The summed E-state index contributed by atoms with van der Waals surface area (Å²) >= 11 is 5.91. The van der Waals surface area contributed by atoms with E-state index in [4.69, 9.17) is 16.9 Å². The molecule has 0 fully saturated rings. The predicted molar refractivity (Wildman–Crippen MR) is 85.5 cm³/mol. The Hall–Kier alpha value is -3.24. The molecular formula is C15H9ClN4O3. The quantitative estimate of drug-likeness (QED) is 0.391. The molecule has 0 aromatic heterocycles. The summed E-state index contributed by atoms with van der Waals surface area (Å²) in [4.78, 5) is 22.2. The molecule has 2 aromatic carbocycles. The first-order chi connectivity index (χ1) is 11.0. The number of Topliss-reactive ketones (excluding diaryl/α,β-unsaturated/α-hetero) is 1. The molecule has 0 spiro atoms. The van der Waals surface area contributed by atoms with E-state index >= 15 is 0 Å². The van der Waals surface area contributed by atoms with Crippen LogP contribution in [-0.4, -0.2) is 16.4 Å². The molecule has 0 aliphatic heterocycles. The van der Waals surface area contributed by atoms with Crippen molar-refractivity contribution in [2.24, 2.45) is 5.10 Å². The molecule has 0 bridgehead atoms. The normalized spacial score (nSPS) is 10.7. The number of halogens is 1. The van der Waals surface area contributed by atoms with Gasteiger partial charge in [0.15, 0.2) is 0 Å². The Balaban J connectivity index is 2.19. The highest BCUT2D eigenvalue weighted by atomic mass is 35.5. The van der Waals surface area contributed by atoms with E-state index in [1.165, 1.54) is 36.4 Å². The van der Waals surface area contributed by atoms with Crippen LogP contribution in [0.4, 0.5) is 11.4 Å². The molecule has 0 aliphatic carbocycles. The van der Waals surface area contributed by atoms with Gasteiger partial charge in [0, 0.05) is 17.7 Å². The van der Waals surface area contributed by atoms with Gasteiger partial charge in [-0.2, -0.15) is 10.4 Å². The summed E-state index contributed by atoms with van der Waals surface area (Å²) in [6.45, 7) is 0. The molecule has 1 N–H and O–H groups in total. The van der Waals surface area contributed by atoms with Crippen LogP contribution in [0.5, 0.6) is 0 Å². The summed E-state index contributed by atoms with van der Waals surface area (Å²) in [5, 5.41) is 23.6. The van der Waals surface area contributed by atoms with Crippen molar-refractivity contribution in [2.45, 2.75) is 0 Å². The first-order valence-corrected chi connectivity index (χ1v) is 6.68. The van der Waals surface area contributed by atoms with Crippen molar-refractivity contribution < 1.29 is 9.72 Å². The minimum atomic E-state index is -0.618. The van der Waals surface area contributed by atoms with Gasteiger partial charge in [0.1, 0.15) is 6.07 Å². The summed E-state index contributed by atoms with van der Waals surface area (Å²) in [6.07, 6.45) is 0. The molecule has 0 aliphatic rings. The fourth-order valence-corrected chi connectivity index (χ4v) is 1.90. The fraction of sp³-hybridized carbons (Fsp3) is 0. The first-order valence-electron chi connectivity index (χ1n) is 6.30. The van der Waals surface area contributed by atoms with E-state index in [0.717, 1.165) is 0 Å². The number of nitro groups is 1. The number of nitriles is 1. The molecule has 0 saturated heterocycles. The Morgan fingerprint density at radius 1 is 1.22 bits per heavy atom. The van der Waals surface area contributed by atoms with Crippen molar-refractivity contribution >= 4 is 34.5 Å². The fourth-order valence-electron chi connectivity index (χ4n) is 1.68. The number of carbonyl (C=O) groups is 1. The van der Waals surface area contributed by atoms with Crippen LogP contribution in [0, 0.1) is 21.4 Å². The third kappa shape index (κ3) is 3.90. The van der Waals surface area contributed by atoms with E-state index in [0.29, 0.717) is 5.69 Å². The molecule has 114 valence electrons. The number of nitrogens with zero attached hydrogens (tertiary/aromatic N) is 3. The van der Waals surface area contributed by atoms with Crippen LogP contribution in [0.2, 0.25) is 5.02 Å². The Labute approximate surface area is 136 Å². The van der Waals surface area contributed by atoms with Gasteiger partial charge in [-0.3, -0.25) is 20.3 Å². The monoisotopic (exact) mass is 328 g/mol. The minimum Gasteiger partial charge on any atom is -0.286 e. The minimum absolute atomic E-state index is 0.0767. The summed E-state index contributed by atoms with van der Waals surface area (Å²) in [5.74, 6) is -0.618. The lowest BCUT2D eigenvalue weighted by atomic mass is 10.1. The summed E-state index contributed by atoms with van der Waals surface area (Å²) in [7, 11) is 0. The Morgan fingerprint density at radius 3 is 2.43 bits per heavy atom. The second-order valence-corrected chi connectivity index (χ2v) is 4.70. The van der Waals surface area contributed by atoms with Gasteiger partial charge in [0.2, 0.25) is 11.5 Å². The Kier molecular flexibility index (Phi) is 5.02. The van der Waals surface area contributed by atoms with E-state index < -0.39 is 10.7 Å². The standard InChI is InChI=1S/C15H9ClN4O3/c16-13-4-2-1-3-12(13)15(21)14(9-17)19-18-10-5-7-11(8-6-10)20(22)23/h1-8,18H/b19-14+. The van der Waals surface area contributed by atoms with Crippen molar-refractivity contribution in [3.05, 3.63) is 69.2 Å². The zero-order valence-corrected chi connectivity index (χ0v) is 12.3. The Morgan fingerprint density at radius 2 is 1.87 bits per heavy atom. The van der Waals surface area contributed by atoms with Gasteiger partial charge in [-0.25, -0.2) is 0 Å². The lowest BCUT2D eigenvalue weighted by Crippen LogP contribution is -2.14. The van der Waals surface area contributed by atoms with Gasteiger partial charge in [-0.05, 0) is 24.3 Å². The third-order valence-corrected chi connectivity index (χ3v) is 3.14. The van der Waals surface area contributed by atoms with Gasteiger partial charge in [0.25, 0.3) is 5.69 Å². The maximum absolute atomic E-state index is 12.2. The highest BCUT2D eigenvalue weighted by Crippen LogP contribution is 2.17. The molecular weight excluding hydrogens is 320 g/mol. The second kappa shape index (κ2) is 7.15. The number of carbonyl (C=O) groups excluding carboxylic acids is 1. The van der Waals surface area contributed by atoms with Crippen LogP contribution in [0.1, 0.15) is 10.4 Å². The number of benzene rings is 2. The second-order valence-electron chi connectivity index (χ2n) is 4.30. The van der Waals surface area contributed by atoms with Crippen LogP contribution in [-0.2, 0) is 0 Å². The van der Waals surface area contributed by atoms with Crippen LogP contribution >= 0.6 is 11.6 Å². The number of anilines is 1. The SMILES string of the molecule is N#C/C(=N\Nc1ccc([N+](=O)[O-])cc1)C(=O)c1ccccc1Cl. The zero-order chi connectivity index (χ0) is 16.8. The van der Waals surface area contributed by atoms with E-state index in [1.807, 2.05) is 0 Å². The van der Waals surface area contributed by atoms with Crippen molar-refractivity contribution in [3.63, 3.8) is 0 Å². The van der Waals surface area contributed by atoms with Crippen LogP contribution in [0.25, 0.3) is 0 Å². The van der Waals surface area contributed by atoms with Crippen LogP contribution in [0.3, 0.4) is 0 Å². The topological polar surface area (TPSA) is 108 Å². The smallest absolute Gasteiger partial charge is 0.269 e. The molecule has 0 heterocycles. The molecule has 0 atom stereocenters. The maximum atomic E-state index is 12.2. The maximum Gasteiger partial charge on any atom is 0.269 e. The van der Waals surface area contributed by atoms with Gasteiger partial charge < -0.3 is 0 Å². The van der Waals surface area contributed by atoms with Crippen molar-refractivity contribution in [2.75, 3.05) is 5.43 Å². The van der Waals surface area contributed by atoms with Gasteiger partial charge in [-0.1, -0.05) is 23.7 Å². The highest BCUT2D eigenvalue weighted by Gasteiger charge is 2.16. The summed E-state index contributed by atoms with van der Waals surface area (Å²) in [5.41, 5.74) is 2.62.